The van der Waals surface area contributed by atoms with Gasteiger partial charge in [-0.3, -0.25) is 4.79 Å². The fourth-order valence-corrected chi connectivity index (χ4v) is 3.14. The number of aliphatic imine (C=N–C) groups is 1. The number of carbonyl (C=O) groups is 2. The molecular weight excluding hydrogens is 410 g/mol. The van der Waals surface area contributed by atoms with E-state index in [4.69, 9.17) is 14.5 Å². The number of alkyl carbamates (subject to hydrolysis) is 1. The molecule has 9 heteroatoms. The monoisotopic (exact) mass is 447 g/mol. The number of amides is 2. The van der Waals surface area contributed by atoms with Crippen LogP contribution < -0.4 is 15.4 Å². The van der Waals surface area contributed by atoms with Crippen LogP contribution >= 0.6 is 0 Å². The second kappa shape index (κ2) is 11.6. The lowest BCUT2D eigenvalue weighted by Gasteiger charge is -2.23. The lowest BCUT2D eigenvalue weighted by atomic mass is 10.2. The maximum Gasteiger partial charge on any atom is 0.407 e. The molecule has 2 N–H and O–H groups in total. The van der Waals surface area contributed by atoms with Crippen LogP contribution in [0.4, 0.5) is 4.79 Å². The van der Waals surface area contributed by atoms with Crippen LogP contribution in [-0.2, 0) is 16.1 Å². The molecule has 1 saturated heterocycles. The molecule has 178 valence electrons. The first-order valence-electron chi connectivity index (χ1n) is 11.0. The first-order chi connectivity index (χ1) is 15.1. The van der Waals surface area contributed by atoms with Gasteiger partial charge in [-0.05, 0) is 51.8 Å². The molecule has 1 unspecified atom stereocenters. The summed E-state index contributed by atoms with van der Waals surface area (Å²) in [6, 6.07) is 7.61. The van der Waals surface area contributed by atoms with Gasteiger partial charge in [0, 0.05) is 33.7 Å². The number of benzene rings is 1. The molecule has 2 rings (SSSR count). The van der Waals surface area contributed by atoms with Crippen LogP contribution in [0.25, 0.3) is 0 Å². The maximum atomic E-state index is 12.1. The van der Waals surface area contributed by atoms with E-state index >= 15 is 0 Å². The second-order valence-electron chi connectivity index (χ2n) is 8.97. The Bertz CT molecular complexity index is 804. The van der Waals surface area contributed by atoms with Gasteiger partial charge in [0.05, 0.1) is 12.6 Å². The third-order valence-corrected chi connectivity index (χ3v) is 4.71. The predicted molar refractivity (Wildman–Crippen MR) is 125 cm³/mol. The number of hydrogen-bond donors (Lipinski definition) is 2. The molecule has 0 aromatic heterocycles. The first kappa shape index (κ1) is 25.3. The minimum absolute atomic E-state index is 0.00216. The van der Waals surface area contributed by atoms with Gasteiger partial charge in [0.2, 0.25) is 0 Å². The van der Waals surface area contributed by atoms with E-state index < -0.39 is 11.7 Å². The summed E-state index contributed by atoms with van der Waals surface area (Å²) in [5.74, 6) is 1.35. The van der Waals surface area contributed by atoms with Crippen molar-refractivity contribution in [1.29, 1.82) is 0 Å². The van der Waals surface area contributed by atoms with E-state index in [9.17, 15) is 9.59 Å². The molecular formula is C23H37N5O4. The van der Waals surface area contributed by atoms with Gasteiger partial charge in [-0.2, -0.15) is 0 Å². The molecule has 1 fully saturated rings. The molecule has 1 aliphatic rings. The summed E-state index contributed by atoms with van der Waals surface area (Å²) in [5, 5.41) is 6.27. The van der Waals surface area contributed by atoms with Gasteiger partial charge in [0.25, 0.3) is 5.91 Å². The quantitative estimate of drug-likeness (QED) is 0.492. The van der Waals surface area contributed by atoms with Crippen molar-refractivity contribution in [3.8, 4) is 5.75 Å². The minimum atomic E-state index is -0.517. The van der Waals surface area contributed by atoms with Crippen LogP contribution in [0.5, 0.6) is 5.75 Å². The van der Waals surface area contributed by atoms with Gasteiger partial charge in [-0.15, -0.1) is 0 Å². The number of ether oxygens (including phenoxy) is 2. The summed E-state index contributed by atoms with van der Waals surface area (Å²) in [5.41, 5.74) is 0.467. The summed E-state index contributed by atoms with van der Waals surface area (Å²) in [4.78, 5) is 32.2. The highest BCUT2D eigenvalue weighted by Crippen LogP contribution is 2.16. The van der Waals surface area contributed by atoms with Crippen molar-refractivity contribution < 1.29 is 19.1 Å². The Morgan fingerprint density at radius 1 is 1.28 bits per heavy atom. The van der Waals surface area contributed by atoms with Gasteiger partial charge < -0.3 is 29.9 Å². The third-order valence-electron chi connectivity index (χ3n) is 4.71. The molecule has 1 atom stereocenters. The summed E-state index contributed by atoms with van der Waals surface area (Å²) >= 11 is 0. The SMILES string of the molecule is CCNC(=NCc1cccc(OCC(=O)N(C)C)c1)N1CCC(NC(=O)OC(C)(C)C)C1. The summed E-state index contributed by atoms with van der Waals surface area (Å²) in [7, 11) is 3.40. The van der Waals surface area contributed by atoms with Crippen molar-refractivity contribution >= 4 is 18.0 Å². The average molecular weight is 448 g/mol. The van der Waals surface area contributed by atoms with E-state index in [1.165, 1.54) is 4.90 Å². The molecule has 1 aromatic rings. The summed E-state index contributed by atoms with van der Waals surface area (Å²) in [6.45, 7) is 10.3. The Kier molecular flexibility index (Phi) is 9.16. The van der Waals surface area contributed by atoms with Crippen molar-refractivity contribution in [1.82, 2.24) is 20.4 Å². The number of hydrogen-bond acceptors (Lipinski definition) is 5. The van der Waals surface area contributed by atoms with Crippen LogP contribution in [0.1, 0.15) is 39.7 Å². The molecule has 0 spiro atoms. The number of nitrogens with one attached hydrogen (secondary N) is 2. The topological polar surface area (TPSA) is 95.5 Å². The smallest absolute Gasteiger partial charge is 0.407 e. The van der Waals surface area contributed by atoms with Crippen molar-refractivity contribution in [2.24, 2.45) is 4.99 Å². The molecule has 2 amide bonds. The van der Waals surface area contributed by atoms with Gasteiger partial charge >= 0.3 is 6.09 Å². The number of rotatable bonds is 7. The van der Waals surface area contributed by atoms with Crippen LogP contribution in [0.2, 0.25) is 0 Å². The number of likely N-dealkylation sites (tertiary alicyclic amines) is 1. The highest BCUT2D eigenvalue weighted by atomic mass is 16.6. The molecule has 0 aliphatic carbocycles. The molecule has 1 aromatic carbocycles. The van der Waals surface area contributed by atoms with Crippen LogP contribution in [0.15, 0.2) is 29.3 Å². The van der Waals surface area contributed by atoms with Crippen LogP contribution in [0, 0.1) is 0 Å². The van der Waals surface area contributed by atoms with Crippen LogP contribution in [0.3, 0.4) is 0 Å². The van der Waals surface area contributed by atoms with Crippen molar-refractivity contribution in [2.75, 3.05) is 40.3 Å². The highest BCUT2D eigenvalue weighted by Gasteiger charge is 2.27. The zero-order valence-electron chi connectivity index (χ0n) is 20.1. The number of carbonyl (C=O) groups excluding carboxylic acids is 2. The summed E-state index contributed by atoms with van der Waals surface area (Å²) < 4.78 is 10.9. The average Bonchev–Trinajstić information content (AvgIpc) is 3.16. The van der Waals surface area contributed by atoms with Crippen LogP contribution in [-0.4, -0.2) is 79.7 Å². The molecule has 1 heterocycles. The van der Waals surface area contributed by atoms with E-state index in [0.29, 0.717) is 18.8 Å². The lowest BCUT2D eigenvalue weighted by Crippen LogP contribution is -2.44. The Morgan fingerprint density at radius 2 is 2.03 bits per heavy atom. The van der Waals surface area contributed by atoms with E-state index in [2.05, 4.69) is 15.5 Å². The van der Waals surface area contributed by atoms with E-state index in [1.54, 1.807) is 14.1 Å². The fraction of sp³-hybridized carbons (Fsp3) is 0.609. The largest absolute Gasteiger partial charge is 0.484 e. The third kappa shape index (κ3) is 8.64. The van der Waals surface area contributed by atoms with Crippen molar-refractivity contribution in [3.63, 3.8) is 0 Å². The Labute approximate surface area is 191 Å². The minimum Gasteiger partial charge on any atom is -0.484 e. The van der Waals surface area contributed by atoms with Crippen molar-refractivity contribution in [3.05, 3.63) is 29.8 Å². The van der Waals surface area contributed by atoms with Crippen molar-refractivity contribution in [2.45, 2.75) is 52.3 Å². The fourth-order valence-electron chi connectivity index (χ4n) is 3.14. The molecule has 9 nitrogen and oxygen atoms in total. The zero-order chi connectivity index (χ0) is 23.7. The number of nitrogens with zero attached hydrogens (tertiary/aromatic N) is 3. The standard InChI is InChI=1S/C23H37N5O4/c1-7-24-21(28-12-11-18(15-28)26-22(30)32-23(2,3)4)25-14-17-9-8-10-19(13-17)31-16-20(29)27(5)6/h8-10,13,18H,7,11-12,14-16H2,1-6H3,(H,24,25)(H,26,30). The van der Waals surface area contributed by atoms with E-state index in [-0.39, 0.29) is 18.6 Å². The zero-order valence-corrected chi connectivity index (χ0v) is 20.1. The van der Waals surface area contributed by atoms with Gasteiger partial charge in [-0.1, -0.05) is 12.1 Å². The van der Waals surface area contributed by atoms with E-state index in [1.807, 2.05) is 52.0 Å². The van der Waals surface area contributed by atoms with E-state index in [0.717, 1.165) is 31.0 Å². The molecule has 0 saturated carbocycles. The summed E-state index contributed by atoms with van der Waals surface area (Å²) in [6.07, 6.45) is 0.434. The number of likely N-dealkylation sites (N-methyl/N-ethyl adjacent to an activating group) is 1. The molecule has 0 radical (unpaired) electrons. The molecule has 32 heavy (non-hydrogen) atoms. The van der Waals surface area contributed by atoms with Gasteiger partial charge in [0.1, 0.15) is 11.4 Å². The predicted octanol–water partition coefficient (Wildman–Crippen LogP) is 2.22. The molecule has 1 aliphatic heterocycles. The Morgan fingerprint density at radius 3 is 2.69 bits per heavy atom. The first-order valence-corrected chi connectivity index (χ1v) is 11.0. The van der Waals surface area contributed by atoms with Gasteiger partial charge in [0.15, 0.2) is 12.6 Å². The Hall–Kier alpha value is -2.97. The van der Waals surface area contributed by atoms with Gasteiger partial charge in [-0.25, -0.2) is 9.79 Å². The maximum absolute atomic E-state index is 12.1. The lowest BCUT2D eigenvalue weighted by molar-refractivity contribution is -0.130. The normalized spacial score (nSPS) is 16.5. The second-order valence-corrected chi connectivity index (χ2v) is 8.97. The molecule has 0 bridgehead atoms. The number of guanidine groups is 1. The Balaban J connectivity index is 1.95. The highest BCUT2D eigenvalue weighted by molar-refractivity contribution is 5.80.